The maximum atomic E-state index is 5.12. The minimum absolute atomic E-state index is 0. The minimum atomic E-state index is 0. The van der Waals surface area contributed by atoms with Crippen LogP contribution in [0.25, 0.3) is 0 Å². The van der Waals surface area contributed by atoms with Crippen LogP contribution >= 0.6 is 11.8 Å². The predicted octanol–water partition coefficient (Wildman–Crippen LogP) is 0.470. The lowest BCUT2D eigenvalue weighted by molar-refractivity contribution is 1.15. The zero-order valence-electron chi connectivity index (χ0n) is 4.11. The molecule has 2 nitrogen and oxygen atoms in total. The van der Waals surface area contributed by atoms with Crippen LogP contribution in [0, 0.1) is 0 Å². The van der Waals surface area contributed by atoms with Gasteiger partial charge in [0.2, 0.25) is 0 Å². The molecule has 5 N–H and O–H groups in total. The molecule has 0 rings (SSSR count). The molecular formula is C3H12N2S. The second-order valence-electron chi connectivity index (χ2n) is 0.781. The zero-order chi connectivity index (χ0) is 4.12. The van der Waals surface area contributed by atoms with Gasteiger partial charge in [-0.15, -0.1) is 0 Å². The summed E-state index contributed by atoms with van der Waals surface area (Å²) in [5.74, 6) is 1.08. The van der Waals surface area contributed by atoms with Gasteiger partial charge in [0.05, 0.1) is 0 Å². The van der Waals surface area contributed by atoms with Crippen LogP contribution in [-0.2, 0) is 0 Å². The fraction of sp³-hybridized carbons (Fsp3) is 1.00. The third kappa shape index (κ3) is 8.86. The second-order valence-corrected chi connectivity index (χ2v) is 1.77. The average Bonchev–Trinajstić information content (AvgIpc) is 1.41. The number of nitrogens with two attached hydrogens (primary N) is 1. The van der Waals surface area contributed by atoms with Crippen molar-refractivity contribution in [1.82, 2.24) is 6.15 Å². The van der Waals surface area contributed by atoms with Crippen molar-refractivity contribution in [2.45, 2.75) is 0 Å². The second kappa shape index (κ2) is 8.99. The van der Waals surface area contributed by atoms with Gasteiger partial charge in [-0.05, 0) is 6.26 Å². The Morgan fingerprint density at radius 3 is 2.17 bits per heavy atom. The molecule has 40 valence electrons. The van der Waals surface area contributed by atoms with Crippen molar-refractivity contribution in [1.29, 1.82) is 0 Å². The summed E-state index contributed by atoms with van der Waals surface area (Å²) in [4.78, 5) is 0. The SMILES string of the molecule is CSCCN.N. The highest BCUT2D eigenvalue weighted by Crippen LogP contribution is 1.83. The number of thioether (sulfide) groups is 1. The molecule has 0 aromatic heterocycles. The zero-order valence-corrected chi connectivity index (χ0v) is 4.92. The van der Waals surface area contributed by atoms with Crippen LogP contribution in [-0.4, -0.2) is 18.6 Å². The monoisotopic (exact) mass is 108 g/mol. The highest BCUT2D eigenvalue weighted by atomic mass is 32.2. The van der Waals surface area contributed by atoms with Gasteiger partial charge in [-0.2, -0.15) is 11.8 Å². The van der Waals surface area contributed by atoms with E-state index in [0.29, 0.717) is 0 Å². The maximum Gasteiger partial charge on any atom is 0.00530 e. The molecule has 0 saturated heterocycles. The van der Waals surface area contributed by atoms with E-state index in [2.05, 4.69) is 0 Å². The van der Waals surface area contributed by atoms with Crippen LogP contribution < -0.4 is 11.9 Å². The van der Waals surface area contributed by atoms with Crippen molar-refractivity contribution >= 4 is 11.8 Å². The van der Waals surface area contributed by atoms with E-state index >= 15 is 0 Å². The Labute approximate surface area is 43.1 Å². The molecular weight excluding hydrogens is 96.1 g/mol. The summed E-state index contributed by atoms with van der Waals surface area (Å²) < 4.78 is 0. The molecule has 0 aliphatic carbocycles. The van der Waals surface area contributed by atoms with Gasteiger partial charge in [0.1, 0.15) is 0 Å². The molecule has 0 aromatic carbocycles. The summed E-state index contributed by atoms with van der Waals surface area (Å²) in [6.07, 6.45) is 2.05. The first-order chi connectivity index (χ1) is 2.41. The van der Waals surface area contributed by atoms with Crippen molar-refractivity contribution in [3.8, 4) is 0 Å². The normalized spacial score (nSPS) is 7.00. The lowest BCUT2D eigenvalue weighted by Gasteiger charge is -1.80. The van der Waals surface area contributed by atoms with Gasteiger partial charge >= 0.3 is 0 Å². The van der Waals surface area contributed by atoms with Crippen LogP contribution in [0.3, 0.4) is 0 Å². The molecule has 0 bridgehead atoms. The summed E-state index contributed by atoms with van der Waals surface area (Å²) in [5.41, 5.74) is 5.12. The van der Waals surface area contributed by atoms with E-state index in [4.69, 9.17) is 5.73 Å². The molecule has 0 unspecified atom stereocenters. The van der Waals surface area contributed by atoms with E-state index in [0.717, 1.165) is 12.3 Å². The Hall–Kier alpha value is 0.270. The molecule has 0 saturated carbocycles. The topological polar surface area (TPSA) is 61.0 Å². The Bertz CT molecular complexity index is 16.3. The molecule has 0 atom stereocenters. The molecule has 0 amide bonds. The number of hydrogen-bond acceptors (Lipinski definition) is 3. The van der Waals surface area contributed by atoms with Gasteiger partial charge in [0.25, 0.3) is 0 Å². The third-order valence-electron chi connectivity index (χ3n) is 0.322. The molecule has 0 aromatic rings. The highest BCUT2D eigenvalue weighted by Gasteiger charge is 1.67. The molecule has 0 radical (unpaired) electrons. The van der Waals surface area contributed by atoms with Crippen LogP contribution in [0.2, 0.25) is 0 Å². The van der Waals surface area contributed by atoms with Crippen LogP contribution in [0.5, 0.6) is 0 Å². The lowest BCUT2D eigenvalue weighted by atomic mass is 10.8. The van der Waals surface area contributed by atoms with Crippen LogP contribution in [0.4, 0.5) is 0 Å². The van der Waals surface area contributed by atoms with Crippen LogP contribution in [0.15, 0.2) is 0 Å². The third-order valence-corrected chi connectivity index (χ3v) is 0.966. The van der Waals surface area contributed by atoms with E-state index in [1.54, 1.807) is 11.8 Å². The summed E-state index contributed by atoms with van der Waals surface area (Å²) in [5, 5.41) is 0. The summed E-state index contributed by atoms with van der Waals surface area (Å²) in [7, 11) is 0. The fourth-order valence-corrected chi connectivity index (χ4v) is 0.354. The molecule has 0 aliphatic rings. The average molecular weight is 108 g/mol. The first kappa shape index (κ1) is 9.55. The molecule has 6 heavy (non-hydrogen) atoms. The van der Waals surface area contributed by atoms with Gasteiger partial charge in [-0.3, -0.25) is 0 Å². The standard InChI is InChI=1S/C3H9NS.H3N/c1-5-3-2-4;/h2-4H2,1H3;1H3. The smallest absolute Gasteiger partial charge is 0.00530 e. The first-order valence-corrected chi connectivity index (χ1v) is 3.00. The maximum absolute atomic E-state index is 5.12. The minimum Gasteiger partial charge on any atom is -0.344 e. The van der Waals surface area contributed by atoms with E-state index < -0.39 is 0 Å². The molecule has 3 heteroatoms. The Morgan fingerprint density at radius 1 is 1.67 bits per heavy atom. The van der Waals surface area contributed by atoms with Gasteiger partial charge < -0.3 is 11.9 Å². The van der Waals surface area contributed by atoms with Crippen molar-refractivity contribution in [3.05, 3.63) is 0 Å². The largest absolute Gasteiger partial charge is 0.344 e. The summed E-state index contributed by atoms with van der Waals surface area (Å²) in [6, 6.07) is 0. The van der Waals surface area contributed by atoms with E-state index in [1.165, 1.54) is 0 Å². The summed E-state index contributed by atoms with van der Waals surface area (Å²) >= 11 is 1.78. The molecule has 0 fully saturated rings. The lowest BCUT2D eigenvalue weighted by Crippen LogP contribution is -1.99. The predicted molar refractivity (Wildman–Crippen MR) is 32.5 cm³/mol. The first-order valence-electron chi connectivity index (χ1n) is 1.61. The molecule has 0 aliphatic heterocycles. The van der Waals surface area contributed by atoms with Gasteiger partial charge in [-0.25, -0.2) is 0 Å². The van der Waals surface area contributed by atoms with Gasteiger partial charge in [0, 0.05) is 12.3 Å². The van der Waals surface area contributed by atoms with Gasteiger partial charge in [0.15, 0.2) is 0 Å². The quantitative estimate of drug-likeness (QED) is 0.540. The fourth-order valence-electron chi connectivity index (χ4n) is 0.118. The van der Waals surface area contributed by atoms with Crippen LogP contribution in [0.1, 0.15) is 0 Å². The Morgan fingerprint density at radius 2 is 2.17 bits per heavy atom. The number of hydrogen-bond donors (Lipinski definition) is 2. The van der Waals surface area contributed by atoms with E-state index in [1.807, 2.05) is 6.26 Å². The van der Waals surface area contributed by atoms with E-state index in [-0.39, 0.29) is 6.15 Å². The summed E-state index contributed by atoms with van der Waals surface area (Å²) in [6.45, 7) is 0.807. The van der Waals surface area contributed by atoms with Crippen molar-refractivity contribution in [2.75, 3.05) is 18.6 Å². The van der Waals surface area contributed by atoms with Crippen molar-refractivity contribution in [2.24, 2.45) is 5.73 Å². The van der Waals surface area contributed by atoms with Gasteiger partial charge in [-0.1, -0.05) is 0 Å². The number of rotatable bonds is 2. The molecule has 0 spiro atoms. The Kier molecular flexibility index (Phi) is 14.3. The Balaban J connectivity index is 0. The highest BCUT2D eigenvalue weighted by molar-refractivity contribution is 7.98. The van der Waals surface area contributed by atoms with Crippen molar-refractivity contribution in [3.63, 3.8) is 0 Å². The molecule has 0 heterocycles. The van der Waals surface area contributed by atoms with Crippen molar-refractivity contribution < 1.29 is 0 Å². The van der Waals surface area contributed by atoms with E-state index in [9.17, 15) is 0 Å².